The van der Waals surface area contributed by atoms with Gasteiger partial charge in [0.1, 0.15) is 0 Å². The van der Waals surface area contributed by atoms with Crippen molar-refractivity contribution in [3.63, 3.8) is 0 Å². The molecular formula is C16H9FN2O2. The Bertz CT molecular complexity index is 802. The van der Waals surface area contributed by atoms with Gasteiger partial charge in [-0.15, -0.1) is 0 Å². The lowest BCUT2D eigenvalue weighted by Gasteiger charge is -2.16. The number of amides is 2. The zero-order valence-electron chi connectivity index (χ0n) is 11.1. The van der Waals surface area contributed by atoms with E-state index in [0.717, 1.165) is 4.90 Å². The molecule has 3 rings (SSSR count). The maximum Gasteiger partial charge on any atom is 0.266 e. The lowest BCUT2D eigenvalue weighted by atomic mass is 10.1. The molecule has 1 heterocycles. The Morgan fingerprint density at radius 1 is 1.05 bits per heavy atom. The van der Waals surface area contributed by atoms with Crippen molar-refractivity contribution < 1.29 is 14.0 Å². The van der Waals surface area contributed by atoms with E-state index in [0.29, 0.717) is 0 Å². The van der Waals surface area contributed by atoms with Crippen molar-refractivity contribution in [2.24, 2.45) is 0 Å². The van der Waals surface area contributed by atoms with Crippen molar-refractivity contribution in [3.05, 3.63) is 64.5 Å². The third-order valence-electron chi connectivity index (χ3n) is 3.52. The number of nitrogens with zero attached hydrogens (tertiary/aromatic N) is 2. The van der Waals surface area contributed by atoms with Gasteiger partial charge in [0, 0.05) is 5.56 Å². The number of hydrogen-bond acceptors (Lipinski definition) is 3. The molecule has 0 bridgehead atoms. The van der Waals surface area contributed by atoms with Crippen molar-refractivity contribution in [3.8, 4) is 6.07 Å². The van der Waals surface area contributed by atoms with Crippen LogP contribution in [0.3, 0.4) is 0 Å². The van der Waals surface area contributed by atoms with Crippen LogP contribution in [0.2, 0.25) is 0 Å². The van der Waals surface area contributed by atoms with Crippen LogP contribution in [0.5, 0.6) is 0 Å². The van der Waals surface area contributed by atoms with Crippen LogP contribution >= 0.6 is 0 Å². The predicted octanol–water partition coefficient (Wildman–Crippen LogP) is 2.81. The highest BCUT2D eigenvalue weighted by Gasteiger charge is 2.37. The van der Waals surface area contributed by atoms with Gasteiger partial charge >= 0.3 is 0 Å². The molecule has 0 saturated carbocycles. The van der Waals surface area contributed by atoms with Crippen LogP contribution in [-0.4, -0.2) is 11.8 Å². The first-order chi connectivity index (χ1) is 10.1. The highest BCUT2D eigenvalue weighted by Crippen LogP contribution is 2.31. The van der Waals surface area contributed by atoms with Crippen LogP contribution in [0, 0.1) is 24.1 Å². The highest BCUT2D eigenvalue weighted by atomic mass is 19.1. The lowest BCUT2D eigenvalue weighted by molar-refractivity contribution is 0.0925. The molecule has 21 heavy (non-hydrogen) atoms. The van der Waals surface area contributed by atoms with E-state index >= 15 is 0 Å². The minimum absolute atomic E-state index is 0.117. The first-order valence-corrected chi connectivity index (χ1v) is 6.23. The fraction of sp³-hybridized carbons (Fsp3) is 0.0625. The molecule has 2 aromatic carbocycles. The average Bonchev–Trinajstić information content (AvgIpc) is 2.75. The molecule has 2 aromatic rings. The highest BCUT2D eigenvalue weighted by molar-refractivity contribution is 6.34. The summed E-state index contributed by atoms with van der Waals surface area (Å²) in [5.74, 6) is -1.85. The SMILES string of the molecule is Cc1c(C#N)ccc(N2C(=O)c3ccccc3C2=O)c1F. The Kier molecular flexibility index (Phi) is 2.80. The van der Waals surface area contributed by atoms with Crippen molar-refractivity contribution >= 4 is 17.5 Å². The zero-order valence-corrected chi connectivity index (χ0v) is 11.1. The molecule has 4 nitrogen and oxygen atoms in total. The van der Waals surface area contributed by atoms with Crippen molar-refractivity contribution in [1.82, 2.24) is 0 Å². The number of halogens is 1. The van der Waals surface area contributed by atoms with Crippen LogP contribution in [0.4, 0.5) is 10.1 Å². The summed E-state index contributed by atoms with van der Waals surface area (Å²) >= 11 is 0. The van der Waals surface area contributed by atoms with Gasteiger partial charge < -0.3 is 0 Å². The van der Waals surface area contributed by atoms with E-state index in [1.807, 2.05) is 6.07 Å². The molecule has 0 spiro atoms. The fourth-order valence-corrected chi connectivity index (χ4v) is 2.37. The topological polar surface area (TPSA) is 61.2 Å². The molecule has 102 valence electrons. The Morgan fingerprint density at radius 3 is 2.14 bits per heavy atom. The summed E-state index contributed by atoms with van der Waals surface area (Å²) < 4.78 is 14.4. The second-order valence-corrected chi connectivity index (χ2v) is 4.67. The Labute approximate surface area is 120 Å². The van der Waals surface area contributed by atoms with Crippen LogP contribution < -0.4 is 4.90 Å². The third-order valence-corrected chi connectivity index (χ3v) is 3.52. The summed E-state index contributed by atoms with van der Waals surface area (Å²) in [7, 11) is 0. The smallest absolute Gasteiger partial charge is 0.266 e. The van der Waals surface area contributed by atoms with Gasteiger partial charge in [-0.05, 0) is 31.2 Å². The Balaban J connectivity index is 2.17. The summed E-state index contributed by atoms with van der Waals surface area (Å²) in [6.07, 6.45) is 0. The molecule has 0 aliphatic carbocycles. The molecule has 0 radical (unpaired) electrons. The molecule has 0 fully saturated rings. The average molecular weight is 280 g/mol. The first-order valence-electron chi connectivity index (χ1n) is 6.23. The summed E-state index contributed by atoms with van der Waals surface area (Å²) in [5.41, 5.74) is 0.671. The molecule has 0 N–H and O–H groups in total. The summed E-state index contributed by atoms with van der Waals surface area (Å²) in [4.78, 5) is 25.4. The minimum atomic E-state index is -0.733. The largest absolute Gasteiger partial charge is 0.268 e. The molecule has 1 aliphatic heterocycles. The van der Waals surface area contributed by atoms with Gasteiger partial charge in [0.25, 0.3) is 11.8 Å². The molecule has 0 unspecified atom stereocenters. The van der Waals surface area contributed by atoms with Crippen LogP contribution in [-0.2, 0) is 0 Å². The van der Waals surface area contributed by atoms with E-state index in [4.69, 9.17) is 5.26 Å². The van der Waals surface area contributed by atoms with Gasteiger partial charge in [0.15, 0.2) is 5.82 Å². The maximum atomic E-state index is 14.4. The molecule has 0 atom stereocenters. The number of carbonyl (C=O) groups excluding carboxylic acids is 2. The van der Waals surface area contributed by atoms with Crippen LogP contribution in [0.1, 0.15) is 31.8 Å². The standard InChI is InChI=1S/C16H9FN2O2/c1-9-10(8-18)6-7-13(14(9)17)19-15(20)11-4-2-3-5-12(11)16(19)21/h2-7H,1H3. The van der Waals surface area contributed by atoms with E-state index in [9.17, 15) is 14.0 Å². The van der Waals surface area contributed by atoms with E-state index in [2.05, 4.69) is 0 Å². The van der Waals surface area contributed by atoms with Gasteiger partial charge in [0.2, 0.25) is 0 Å². The van der Waals surface area contributed by atoms with Crippen molar-refractivity contribution in [2.75, 3.05) is 4.90 Å². The second-order valence-electron chi connectivity index (χ2n) is 4.67. The summed E-state index contributed by atoms with van der Waals surface area (Å²) in [6, 6.07) is 10.9. The third kappa shape index (κ3) is 1.73. The van der Waals surface area contributed by atoms with Crippen LogP contribution in [0.15, 0.2) is 36.4 Å². The number of carbonyl (C=O) groups is 2. The molecule has 0 saturated heterocycles. The monoisotopic (exact) mass is 280 g/mol. The Morgan fingerprint density at radius 2 is 1.62 bits per heavy atom. The van der Waals surface area contributed by atoms with Gasteiger partial charge in [0.05, 0.1) is 28.4 Å². The minimum Gasteiger partial charge on any atom is -0.268 e. The maximum absolute atomic E-state index is 14.4. The fourth-order valence-electron chi connectivity index (χ4n) is 2.37. The van der Waals surface area contributed by atoms with E-state index in [1.54, 1.807) is 12.1 Å². The molecule has 0 aromatic heterocycles. The Hall–Kier alpha value is -3.00. The van der Waals surface area contributed by atoms with E-state index in [1.165, 1.54) is 31.2 Å². The lowest BCUT2D eigenvalue weighted by Crippen LogP contribution is -2.30. The molecular weight excluding hydrogens is 271 g/mol. The number of rotatable bonds is 1. The van der Waals surface area contributed by atoms with E-state index < -0.39 is 17.6 Å². The summed E-state index contributed by atoms with van der Waals surface area (Å²) in [6.45, 7) is 1.44. The van der Waals surface area contributed by atoms with Crippen LogP contribution in [0.25, 0.3) is 0 Å². The van der Waals surface area contributed by atoms with Gasteiger partial charge in [-0.3, -0.25) is 9.59 Å². The normalized spacial score (nSPS) is 13.3. The van der Waals surface area contributed by atoms with Gasteiger partial charge in [-0.2, -0.15) is 5.26 Å². The number of anilines is 1. The van der Waals surface area contributed by atoms with E-state index in [-0.39, 0.29) is 27.9 Å². The number of imide groups is 1. The summed E-state index contributed by atoms with van der Waals surface area (Å²) in [5, 5.41) is 8.88. The quantitative estimate of drug-likeness (QED) is 0.755. The second kappa shape index (κ2) is 4.53. The first kappa shape index (κ1) is 13.0. The number of hydrogen-bond donors (Lipinski definition) is 0. The van der Waals surface area contributed by atoms with Gasteiger partial charge in [-0.25, -0.2) is 9.29 Å². The van der Waals surface area contributed by atoms with Crippen molar-refractivity contribution in [2.45, 2.75) is 6.92 Å². The van der Waals surface area contributed by atoms with Gasteiger partial charge in [-0.1, -0.05) is 12.1 Å². The molecule has 5 heteroatoms. The molecule has 1 aliphatic rings. The zero-order chi connectivity index (χ0) is 15.1. The number of nitriles is 1. The number of fused-ring (bicyclic) bond motifs is 1. The predicted molar refractivity (Wildman–Crippen MR) is 73.4 cm³/mol. The number of benzene rings is 2. The molecule has 2 amide bonds. The van der Waals surface area contributed by atoms with Crippen molar-refractivity contribution in [1.29, 1.82) is 5.26 Å².